The van der Waals surface area contributed by atoms with Crippen LogP contribution in [0.25, 0.3) is 0 Å². The maximum atomic E-state index is 9.06. The number of aliphatic hydroxyl groups is 1. The predicted octanol–water partition coefficient (Wildman–Crippen LogP) is 2.56. The lowest BCUT2D eigenvalue weighted by Crippen LogP contribution is -2.24. The topological polar surface area (TPSA) is 42.4 Å². The first kappa shape index (κ1) is 13.0. The van der Waals surface area contributed by atoms with Gasteiger partial charge in [-0.2, -0.15) is 0 Å². The molecule has 0 unspecified atom stereocenters. The van der Waals surface area contributed by atoms with Gasteiger partial charge in [0.1, 0.15) is 0 Å². The molecule has 2 rings (SSSR count). The lowest BCUT2D eigenvalue weighted by atomic mass is 9.88. The first-order valence-corrected chi connectivity index (χ1v) is 7.29. The van der Waals surface area contributed by atoms with Gasteiger partial charge in [0.05, 0.1) is 23.9 Å². The van der Waals surface area contributed by atoms with Crippen LogP contribution in [-0.4, -0.2) is 29.4 Å². The average molecular weight is 255 g/mol. The molecule has 1 heterocycles. The maximum absolute atomic E-state index is 9.06. The monoisotopic (exact) mass is 255 g/mol. The van der Waals surface area contributed by atoms with Crippen molar-refractivity contribution in [3.63, 3.8) is 0 Å². The van der Waals surface area contributed by atoms with Crippen LogP contribution < -0.4 is 0 Å². The Morgan fingerprint density at radius 2 is 2.18 bits per heavy atom. The molecule has 0 aromatic carbocycles. The SMILES string of the molecule is Cc1ncsc1CCOC1CCC(CO)CC1. The molecule has 1 aromatic rings. The number of aryl methyl sites for hydroxylation is 1. The first-order valence-electron chi connectivity index (χ1n) is 6.41. The molecule has 1 aliphatic rings. The molecule has 1 aliphatic carbocycles. The Balaban J connectivity index is 1.65. The van der Waals surface area contributed by atoms with Crippen molar-refractivity contribution >= 4 is 11.3 Å². The number of rotatable bonds is 5. The molecule has 1 fully saturated rings. The number of nitrogens with zero attached hydrogens (tertiary/aromatic N) is 1. The summed E-state index contributed by atoms with van der Waals surface area (Å²) in [5.74, 6) is 0.513. The molecule has 0 atom stereocenters. The number of aromatic nitrogens is 1. The van der Waals surface area contributed by atoms with Crippen LogP contribution in [0.3, 0.4) is 0 Å². The van der Waals surface area contributed by atoms with Gasteiger partial charge in [-0.3, -0.25) is 0 Å². The zero-order valence-corrected chi connectivity index (χ0v) is 11.2. The van der Waals surface area contributed by atoms with Gasteiger partial charge in [0.25, 0.3) is 0 Å². The van der Waals surface area contributed by atoms with E-state index in [9.17, 15) is 0 Å². The highest BCUT2D eigenvalue weighted by molar-refractivity contribution is 7.09. The zero-order valence-electron chi connectivity index (χ0n) is 10.4. The lowest BCUT2D eigenvalue weighted by Gasteiger charge is -2.27. The van der Waals surface area contributed by atoms with Crippen molar-refractivity contribution in [2.75, 3.05) is 13.2 Å². The first-order chi connectivity index (χ1) is 8.29. The molecule has 96 valence electrons. The van der Waals surface area contributed by atoms with Gasteiger partial charge in [-0.1, -0.05) is 0 Å². The fraction of sp³-hybridized carbons (Fsp3) is 0.769. The standard InChI is InChI=1S/C13H21NO2S/c1-10-13(17-9-14-10)6-7-16-12-4-2-11(8-15)3-5-12/h9,11-12,15H,2-8H2,1H3. The zero-order chi connectivity index (χ0) is 12.1. The molecule has 0 saturated heterocycles. The number of hydrogen-bond acceptors (Lipinski definition) is 4. The van der Waals surface area contributed by atoms with Crippen molar-refractivity contribution in [2.24, 2.45) is 5.92 Å². The van der Waals surface area contributed by atoms with E-state index in [1.165, 1.54) is 4.88 Å². The normalized spacial score (nSPS) is 25.1. The van der Waals surface area contributed by atoms with Gasteiger partial charge in [0.2, 0.25) is 0 Å². The fourth-order valence-electron chi connectivity index (χ4n) is 2.37. The highest BCUT2D eigenvalue weighted by Gasteiger charge is 2.20. The summed E-state index contributed by atoms with van der Waals surface area (Å²) in [5, 5.41) is 9.06. The summed E-state index contributed by atoms with van der Waals surface area (Å²) in [5.41, 5.74) is 3.04. The van der Waals surface area contributed by atoms with E-state index in [1.807, 2.05) is 5.51 Å². The van der Waals surface area contributed by atoms with Crippen LogP contribution in [-0.2, 0) is 11.2 Å². The van der Waals surface area contributed by atoms with Crippen LogP contribution in [0.4, 0.5) is 0 Å². The van der Waals surface area contributed by atoms with Crippen molar-refractivity contribution < 1.29 is 9.84 Å². The molecule has 0 spiro atoms. The molecule has 1 saturated carbocycles. The summed E-state index contributed by atoms with van der Waals surface area (Å²) in [6, 6.07) is 0. The van der Waals surface area contributed by atoms with Crippen LogP contribution in [0.1, 0.15) is 36.3 Å². The molecule has 1 aromatic heterocycles. The number of ether oxygens (including phenoxy) is 1. The molecule has 0 bridgehead atoms. The minimum absolute atomic E-state index is 0.340. The van der Waals surface area contributed by atoms with Crippen molar-refractivity contribution in [1.82, 2.24) is 4.98 Å². The highest BCUT2D eigenvalue weighted by Crippen LogP contribution is 2.26. The average Bonchev–Trinajstić information content (AvgIpc) is 2.76. The maximum Gasteiger partial charge on any atom is 0.0797 e. The second kappa shape index (κ2) is 6.47. The smallest absolute Gasteiger partial charge is 0.0797 e. The molecular weight excluding hydrogens is 234 g/mol. The number of hydrogen-bond donors (Lipinski definition) is 1. The molecule has 17 heavy (non-hydrogen) atoms. The Hall–Kier alpha value is -0.450. The number of aliphatic hydroxyl groups excluding tert-OH is 1. The summed E-state index contributed by atoms with van der Waals surface area (Å²) >= 11 is 1.72. The van der Waals surface area contributed by atoms with Gasteiger partial charge < -0.3 is 9.84 Å². The van der Waals surface area contributed by atoms with Crippen LogP contribution in [0, 0.1) is 12.8 Å². The third-order valence-electron chi connectivity index (χ3n) is 3.58. The van der Waals surface area contributed by atoms with E-state index in [2.05, 4.69) is 11.9 Å². The van der Waals surface area contributed by atoms with E-state index in [1.54, 1.807) is 11.3 Å². The van der Waals surface area contributed by atoms with Gasteiger partial charge in [0, 0.05) is 17.9 Å². The Bertz CT molecular complexity index is 332. The summed E-state index contributed by atoms with van der Waals surface area (Å²) < 4.78 is 5.90. The van der Waals surface area contributed by atoms with Crippen LogP contribution in [0.5, 0.6) is 0 Å². The molecule has 0 radical (unpaired) electrons. The minimum atomic E-state index is 0.340. The highest BCUT2D eigenvalue weighted by atomic mass is 32.1. The van der Waals surface area contributed by atoms with E-state index >= 15 is 0 Å². The van der Waals surface area contributed by atoms with Crippen LogP contribution >= 0.6 is 11.3 Å². The second-order valence-corrected chi connectivity index (χ2v) is 5.75. The Kier molecular flexibility index (Phi) is 4.95. The fourth-order valence-corrected chi connectivity index (χ4v) is 3.13. The van der Waals surface area contributed by atoms with Crippen molar-refractivity contribution in [3.8, 4) is 0 Å². The predicted molar refractivity (Wildman–Crippen MR) is 69.3 cm³/mol. The summed E-state index contributed by atoms with van der Waals surface area (Å²) in [7, 11) is 0. The molecule has 0 amide bonds. The van der Waals surface area contributed by atoms with Crippen molar-refractivity contribution in [1.29, 1.82) is 0 Å². The Morgan fingerprint density at radius 1 is 1.41 bits per heavy atom. The summed E-state index contributed by atoms with van der Waals surface area (Å²) in [6.45, 7) is 3.20. The van der Waals surface area contributed by atoms with Gasteiger partial charge in [-0.05, 0) is 38.5 Å². The minimum Gasteiger partial charge on any atom is -0.396 e. The van der Waals surface area contributed by atoms with Gasteiger partial charge in [0.15, 0.2) is 0 Å². The molecular formula is C13H21NO2S. The third-order valence-corrected chi connectivity index (χ3v) is 4.57. The van der Waals surface area contributed by atoms with Gasteiger partial charge >= 0.3 is 0 Å². The van der Waals surface area contributed by atoms with Crippen molar-refractivity contribution in [2.45, 2.75) is 45.1 Å². The summed E-state index contributed by atoms with van der Waals surface area (Å²) in [4.78, 5) is 5.58. The van der Waals surface area contributed by atoms with E-state index in [0.29, 0.717) is 18.6 Å². The number of thiazole rings is 1. The van der Waals surface area contributed by atoms with Crippen molar-refractivity contribution in [3.05, 3.63) is 16.1 Å². The Morgan fingerprint density at radius 3 is 2.76 bits per heavy atom. The van der Waals surface area contributed by atoms with E-state index in [-0.39, 0.29) is 0 Å². The summed E-state index contributed by atoms with van der Waals surface area (Å²) in [6.07, 6.45) is 5.82. The lowest BCUT2D eigenvalue weighted by molar-refractivity contribution is 0.0131. The van der Waals surface area contributed by atoms with Crippen LogP contribution in [0.15, 0.2) is 5.51 Å². The van der Waals surface area contributed by atoms with Gasteiger partial charge in [-0.15, -0.1) is 11.3 Å². The largest absolute Gasteiger partial charge is 0.396 e. The van der Waals surface area contributed by atoms with Gasteiger partial charge in [-0.25, -0.2) is 4.98 Å². The molecule has 0 aliphatic heterocycles. The van der Waals surface area contributed by atoms with E-state index < -0.39 is 0 Å². The second-order valence-electron chi connectivity index (χ2n) is 4.81. The molecule has 1 N–H and O–H groups in total. The molecule has 3 nitrogen and oxygen atoms in total. The van der Waals surface area contributed by atoms with E-state index in [4.69, 9.17) is 9.84 Å². The van der Waals surface area contributed by atoms with Crippen LogP contribution in [0.2, 0.25) is 0 Å². The third kappa shape index (κ3) is 3.76. The van der Waals surface area contributed by atoms with E-state index in [0.717, 1.165) is 44.4 Å². The Labute approximate surface area is 107 Å². The molecule has 4 heteroatoms. The quantitative estimate of drug-likeness (QED) is 0.879.